The van der Waals surface area contributed by atoms with E-state index in [9.17, 15) is 14.4 Å². The van der Waals surface area contributed by atoms with Gasteiger partial charge in [-0.05, 0) is 51.5 Å². The molecule has 0 saturated carbocycles. The first-order chi connectivity index (χ1) is 17.6. The molecule has 0 bridgehead atoms. The van der Waals surface area contributed by atoms with Crippen molar-refractivity contribution < 1.29 is 19.1 Å². The van der Waals surface area contributed by atoms with E-state index in [-0.39, 0.29) is 31.1 Å². The van der Waals surface area contributed by atoms with Crippen LogP contribution in [0.1, 0.15) is 70.1 Å². The van der Waals surface area contributed by atoms with Crippen molar-refractivity contribution in [2.24, 2.45) is 5.92 Å². The van der Waals surface area contributed by atoms with E-state index in [2.05, 4.69) is 11.1 Å². The smallest absolute Gasteiger partial charge is 0.307 e. The fourth-order valence-corrected chi connectivity index (χ4v) is 5.40. The maximum Gasteiger partial charge on any atom is 0.307 e. The highest BCUT2D eigenvalue weighted by Crippen LogP contribution is 2.34. The quantitative estimate of drug-likeness (QED) is 0.223. The summed E-state index contributed by atoms with van der Waals surface area (Å²) in [7, 11) is 1.85. The third-order valence-corrected chi connectivity index (χ3v) is 7.44. The predicted molar refractivity (Wildman–Crippen MR) is 150 cm³/mol. The van der Waals surface area contributed by atoms with Crippen molar-refractivity contribution in [2.45, 2.75) is 64.4 Å². The third-order valence-electron chi connectivity index (χ3n) is 6.09. The lowest BCUT2D eigenvalue weighted by molar-refractivity contribution is -0.156. The number of ether oxygens (including phenoxy) is 1. The number of hydrogen-bond acceptors (Lipinski definition) is 7. The first kappa shape index (κ1) is 28.8. The Labute approximate surface area is 228 Å². The zero-order chi connectivity index (χ0) is 27.0. The Hall–Kier alpha value is -2.77. The molecule has 2 atom stereocenters. The van der Waals surface area contributed by atoms with Gasteiger partial charge in [0, 0.05) is 35.4 Å². The van der Waals surface area contributed by atoms with Gasteiger partial charge < -0.3 is 14.4 Å². The second-order valence-electron chi connectivity index (χ2n) is 10.3. The number of halogens is 1. The van der Waals surface area contributed by atoms with Crippen LogP contribution in [-0.2, 0) is 19.1 Å². The van der Waals surface area contributed by atoms with Crippen LogP contribution in [0.2, 0.25) is 0 Å². The van der Waals surface area contributed by atoms with Gasteiger partial charge >= 0.3 is 5.97 Å². The minimum absolute atomic E-state index is 0.0246. The predicted octanol–water partition coefficient (Wildman–Crippen LogP) is 6.56. The second-order valence-corrected chi connectivity index (χ2v) is 11.6. The van der Waals surface area contributed by atoms with E-state index in [1.165, 1.54) is 11.3 Å². The monoisotopic (exact) mass is 542 g/mol. The van der Waals surface area contributed by atoms with Crippen LogP contribution in [0, 0.1) is 5.92 Å². The molecule has 2 aromatic rings. The number of esters is 1. The largest absolute Gasteiger partial charge is 0.460 e. The molecule has 0 fully saturated rings. The van der Waals surface area contributed by atoms with Gasteiger partial charge in [-0.25, -0.2) is 4.98 Å². The van der Waals surface area contributed by atoms with Crippen LogP contribution >= 0.6 is 22.9 Å². The number of rotatable bonds is 12. The molecule has 1 aromatic heterocycles. The van der Waals surface area contributed by atoms with E-state index in [0.717, 1.165) is 46.1 Å². The van der Waals surface area contributed by atoms with Crippen LogP contribution < -0.4 is 4.90 Å². The summed E-state index contributed by atoms with van der Waals surface area (Å²) in [5.41, 5.74) is 2.06. The van der Waals surface area contributed by atoms with Crippen LogP contribution in [0.3, 0.4) is 0 Å². The van der Waals surface area contributed by atoms with Crippen LogP contribution in [0.15, 0.2) is 52.9 Å². The highest BCUT2D eigenvalue weighted by atomic mass is 35.5. The number of ketones is 1. The Kier molecular flexibility index (Phi) is 10.2. The van der Waals surface area contributed by atoms with Crippen LogP contribution in [-0.4, -0.2) is 42.2 Å². The second kappa shape index (κ2) is 13.2. The topological polar surface area (TPSA) is 76.6 Å². The number of carbonyl (C=O) groups excluding carboxylic acids is 3. The fourth-order valence-electron chi connectivity index (χ4n) is 4.34. The summed E-state index contributed by atoms with van der Waals surface area (Å²) < 4.78 is 5.44. The Bertz CT molecular complexity index is 1150. The average Bonchev–Trinajstić information content (AvgIpc) is 3.33. The zero-order valence-electron chi connectivity index (χ0n) is 21.9. The van der Waals surface area contributed by atoms with E-state index in [4.69, 9.17) is 16.3 Å². The summed E-state index contributed by atoms with van der Waals surface area (Å²) in [6, 6.07) is 9.57. The van der Waals surface area contributed by atoms with E-state index in [1.54, 1.807) is 20.8 Å². The van der Waals surface area contributed by atoms with Crippen LogP contribution in [0.4, 0.5) is 5.13 Å². The van der Waals surface area contributed by atoms with Crippen molar-refractivity contribution in [3.63, 3.8) is 0 Å². The molecule has 1 aliphatic rings. The van der Waals surface area contributed by atoms with Crippen molar-refractivity contribution in [2.75, 3.05) is 18.5 Å². The lowest BCUT2D eigenvalue weighted by Gasteiger charge is -2.25. The third kappa shape index (κ3) is 8.64. The number of nitrogens with zero attached hydrogens (tertiary/aromatic N) is 2. The molecule has 0 amide bonds. The van der Waals surface area contributed by atoms with Gasteiger partial charge in [0.2, 0.25) is 0 Å². The molecule has 1 aliphatic carbocycles. The highest BCUT2D eigenvalue weighted by Gasteiger charge is 2.28. The number of allylic oxidation sites excluding steroid dienone is 4. The summed E-state index contributed by atoms with van der Waals surface area (Å²) in [6.45, 7) is 5.60. The summed E-state index contributed by atoms with van der Waals surface area (Å²) >= 11 is 7.86. The van der Waals surface area contributed by atoms with Crippen molar-refractivity contribution in [3.05, 3.63) is 64.2 Å². The first-order valence-electron chi connectivity index (χ1n) is 12.5. The number of thiazole rings is 1. The molecule has 0 saturated heterocycles. The summed E-state index contributed by atoms with van der Waals surface area (Å²) in [5, 5.41) is 3.51. The van der Waals surface area contributed by atoms with Crippen molar-refractivity contribution in [1.82, 2.24) is 4.98 Å². The maximum absolute atomic E-state index is 13.0. The Morgan fingerprint density at radius 3 is 2.62 bits per heavy atom. The van der Waals surface area contributed by atoms with Gasteiger partial charge in [-0.1, -0.05) is 54.1 Å². The van der Waals surface area contributed by atoms with Crippen molar-refractivity contribution >= 4 is 51.7 Å². The van der Waals surface area contributed by atoms with Gasteiger partial charge in [-0.3, -0.25) is 9.59 Å². The standard InChI is InChI=1S/C29H35ClN2O4S/c1-29(2,3)36-27(35)16-21(18-33)23(20-10-6-5-7-11-20)15-14-22(34)17-32(4)28-31-26(19-37-28)24-12-8-9-13-25(24)30/h5-8,10-12,18-19,21,23H,9,13-17H2,1-4H3. The molecular formula is C29H35ClN2O4S. The summed E-state index contributed by atoms with van der Waals surface area (Å²) in [5.74, 6) is -1.22. The Morgan fingerprint density at radius 1 is 1.24 bits per heavy atom. The fraction of sp³-hybridized carbons (Fsp3) is 0.448. The molecule has 37 heavy (non-hydrogen) atoms. The van der Waals surface area contributed by atoms with E-state index in [1.807, 2.05) is 53.7 Å². The number of aldehydes is 1. The average molecular weight is 543 g/mol. The van der Waals surface area contributed by atoms with E-state index >= 15 is 0 Å². The molecule has 8 heteroatoms. The molecule has 1 aromatic carbocycles. The number of aromatic nitrogens is 1. The summed E-state index contributed by atoms with van der Waals surface area (Å²) in [4.78, 5) is 44.0. The van der Waals surface area contributed by atoms with Gasteiger partial charge in [0.1, 0.15) is 11.9 Å². The van der Waals surface area contributed by atoms with Gasteiger partial charge in [0.15, 0.2) is 10.9 Å². The molecule has 6 nitrogen and oxygen atoms in total. The highest BCUT2D eigenvalue weighted by molar-refractivity contribution is 7.13. The molecule has 0 spiro atoms. The van der Waals surface area contributed by atoms with Crippen molar-refractivity contribution in [3.8, 4) is 0 Å². The number of anilines is 1. The number of hydrogen-bond donors (Lipinski definition) is 0. The van der Waals surface area contributed by atoms with Gasteiger partial charge in [0.05, 0.1) is 18.7 Å². The lowest BCUT2D eigenvalue weighted by Crippen LogP contribution is -2.28. The molecule has 2 unspecified atom stereocenters. The number of Topliss-reactive ketones (excluding diaryl/α,β-unsaturated/α-hetero) is 1. The number of likely N-dealkylation sites (N-methyl/N-ethyl adjacent to an activating group) is 1. The molecule has 198 valence electrons. The van der Waals surface area contributed by atoms with Crippen molar-refractivity contribution in [1.29, 1.82) is 0 Å². The van der Waals surface area contributed by atoms with E-state index < -0.39 is 17.5 Å². The molecule has 3 rings (SSSR count). The normalized spacial score (nSPS) is 15.3. The summed E-state index contributed by atoms with van der Waals surface area (Å²) in [6.07, 6.45) is 7.36. The number of carbonyl (C=O) groups is 3. The van der Waals surface area contributed by atoms with Gasteiger partial charge in [-0.2, -0.15) is 0 Å². The Morgan fingerprint density at radius 2 is 1.97 bits per heavy atom. The number of benzene rings is 1. The molecule has 0 radical (unpaired) electrons. The minimum atomic E-state index is -0.627. The van der Waals surface area contributed by atoms with E-state index in [0.29, 0.717) is 6.42 Å². The van der Waals surface area contributed by atoms with Gasteiger partial charge in [0.25, 0.3) is 0 Å². The molecule has 1 heterocycles. The zero-order valence-corrected chi connectivity index (χ0v) is 23.5. The Balaban J connectivity index is 1.64. The first-order valence-corrected chi connectivity index (χ1v) is 13.8. The van der Waals surface area contributed by atoms with Gasteiger partial charge in [-0.15, -0.1) is 11.3 Å². The van der Waals surface area contributed by atoms with Crippen LogP contribution in [0.5, 0.6) is 0 Å². The lowest BCUT2D eigenvalue weighted by atomic mass is 9.81. The maximum atomic E-state index is 13.0. The minimum Gasteiger partial charge on any atom is -0.460 e. The molecule has 0 N–H and O–H groups in total. The SMILES string of the molecule is CN(CC(=O)CCC(c1ccccc1)C(C=O)CC(=O)OC(C)(C)C)c1nc(C2=C(Cl)CCC=C2)cs1. The van der Waals surface area contributed by atoms with Crippen LogP contribution in [0.25, 0.3) is 5.57 Å². The molecule has 0 aliphatic heterocycles. The molecular weight excluding hydrogens is 508 g/mol.